The molecule has 0 saturated heterocycles. The van der Waals surface area contributed by atoms with Crippen LogP contribution in [0.25, 0.3) is 0 Å². The molecule has 3 heteroatoms. The van der Waals surface area contributed by atoms with E-state index in [1.807, 2.05) is 43.4 Å². The van der Waals surface area contributed by atoms with E-state index in [0.29, 0.717) is 5.02 Å². The molecule has 0 fully saturated rings. The lowest BCUT2D eigenvalue weighted by Gasteiger charge is -2.12. The van der Waals surface area contributed by atoms with E-state index < -0.39 is 6.10 Å². The van der Waals surface area contributed by atoms with Crippen LogP contribution in [0.4, 0.5) is 0 Å². The van der Waals surface area contributed by atoms with Crippen molar-refractivity contribution in [1.29, 1.82) is 0 Å². The van der Waals surface area contributed by atoms with Crippen LogP contribution in [-0.4, -0.2) is 12.2 Å². The Kier molecular flexibility index (Phi) is 4.37. The Balaban J connectivity index is 2.17. The van der Waals surface area contributed by atoms with Crippen LogP contribution in [0.5, 0.6) is 0 Å². The van der Waals surface area contributed by atoms with E-state index in [1.54, 1.807) is 12.1 Å². The third kappa shape index (κ3) is 3.10. The molecule has 2 rings (SSSR count). The van der Waals surface area contributed by atoms with Crippen molar-refractivity contribution in [1.82, 2.24) is 5.32 Å². The normalized spacial score (nSPS) is 12.4. The number of benzene rings is 2. The van der Waals surface area contributed by atoms with E-state index in [-0.39, 0.29) is 0 Å². The zero-order valence-electron chi connectivity index (χ0n) is 10.2. The van der Waals surface area contributed by atoms with Gasteiger partial charge in [-0.15, -0.1) is 0 Å². The van der Waals surface area contributed by atoms with Gasteiger partial charge in [-0.1, -0.05) is 48.0 Å². The first-order valence-electron chi connectivity index (χ1n) is 5.87. The Hall–Kier alpha value is -1.35. The summed E-state index contributed by atoms with van der Waals surface area (Å²) in [5.74, 6) is 0. The highest BCUT2D eigenvalue weighted by Crippen LogP contribution is 2.23. The van der Waals surface area contributed by atoms with Crippen LogP contribution in [0, 0.1) is 0 Å². The largest absolute Gasteiger partial charge is 0.384 e. The number of halogens is 1. The van der Waals surface area contributed by atoms with E-state index in [0.717, 1.165) is 17.7 Å². The van der Waals surface area contributed by atoms with Crippen molar-refractivity contribution in [3.05, 3.63) is 70.2 Å². The molecule has 2 aromatic rings. The Morgan fingerprint density at radius 3 is 2.00 bits per heavy atom. The van der Waals surface area contributed by atoms with Gasteiger partial charge in [-0.3, -0.25) is 0 Å². The van der Waals surface area contributed by atoms with Crippen LogP contribution < -0.4 is 5.32 Å². The summed E-state index contributed by atoms with van der Waals surface area (Å²) in [5.41, 5.74) is 2.93. The molecule has 0 aliphatic carbocycles. The first-order valence-corrected chi connectivity index (χ1v) is 6.25. The maximum atomic E-state index is 10.2. The average molecular weight is 262 g/mol. The highest BCUT2D eigenvalue weighted by molar-refractivity contribution is 6.30. The molecule has 0 saturated carbocycles. The van der Waals surface area contributed by atoms with Gasteiger partial charge in [0.15, 0.2) is 0 Å². The Morgan fingerprint density at radius 2 is 1.50 bits per heavy atom. The number of hydrogen-bond donors (Lipinski definition) is 2. The summed E-state index contributed by atoms with van der Waals surface area (Å²) in [7, 11) is 1.91. The van der Waals surface area contributed by atoms with E-state index in [1.165, 1.54) is 5.56 Å². The summed E-state index contributed by atoms with van der Waals surface area (Å²) in [6.45, 7) is 0.831. The molecule has 94 valence electrons. The van der Waals surface area contributed by atoms with Crippen LogP contribution in [0.3, 0.4) is 0 Å². The molecule has 0 amide bonds. The number of nitrogens with one attached hydrogen (secondary N) is 1. The standard InChI is InChI=1S/C15H16ClNO/c1-17-10-11-2-4-12(5-3-11)15(18)13-6-8-14(16)9-7-13/h2-9,15,17-18H,10H2,1H3/t15-/m0/s1. The number of aliphatic hydroxyl groups is 1. The third-order valence-corrected chi connectivity index (χ3v) is 3.11. The number of hydrogen-bond acceptors (Lipinski definition) is 2. The Bertz CT molecular complexity index is 493. The van der Waals surface area contributed by atoms with Crippen LogP contribution in [0.15, 0.2) is 48.5 Å². The zero-order chi connectivity index (χ0) is 13.0. The molecule has 0 bridgehead atoms. The quantitative estimate of drug-likeness (QED) is 0.886. The molecule has 18 heavy (non-hydrogen) atoms. The predicted octanol–water partition coefficient (Wildman–Crippen LogP) is 3.14. The van der Waals surface area contributed by atoms with Gasteiger partial charge in [0.1, 0.15) is 6.10 Å². The summed E-state index contributed by atoms with van der Waals surface area (Å²) in [6.07, 6.45) is -0.606. The minimum Gasteiger partial charge on any atom is -0.384 e. The summed E-state index contributed by atoms with van der Waals surface area (Å²) in [6, 6.07) is 15.2. The Morgan fingerprint density at radius 1 is 1.00 bits per heavy atom. The fourth-order valence-electron chi connectivity index (χ4n) is 1.86. The van der Waals surface area contributed by atoms with Gasteiger partial charge in [-0.25, -0.2) is 0 Å². The number of aliphatic hydroxyl groups excluding tert-OH is 1. The molecule has 0 spiro atoms. The minimum atomic E-state index is -0.606. The highest BCUT2D eigenvalue weighted by Gasteiger charge is 2.09. The predicted molar refractivity (Wildman–Crippen MR) is 74.7 cm³/mol. The van der Waals surface area contributed by atoms with Crippen molar-refractivity contribution < 1.29 is 5.11 Å². The monoisotopic (exact) mass is 261 g/mol. The Labute approximate surface area is 112 Å². The van der Waals surface area contributed by atoms with Crippen LogP contribution in [0.1, 0.15) is 22.8 Å². The minimum absolute atomic E-state index is 0.606. The van der Waals surface area contributed by atoms with E-state index in [2.05, 4.69) is 5.32 Å². The molecule has 0 aliphatic heterocycles. The van der Waals surface area contributed by atoms with Gasteiger partial charge < -0.3 is 10.4 Å². The van der Waals surface area contributed by atoms with Gasteiger partial charge >= 0.3 is 0 Å². The highest BCUT2D eigenvalue weighted by atomic mass is 35.5. The van der Waals surface area contributed by atoms with Crippen LogP contribution in [-0.2, 0) is 6.54 Å². The third-order valence-electron chi connectivity index (χ3n) is 2.86. The van der Waals surface area contributed by atoms with Crippen molar-refractivity contribution >= 4 is 11.6 Å². The maximum Gasteiger partial charge on any atom is 0.104 e. The molecule has 2 N–H and O–H groups in total. The molecule has 2 aromatic carbocycles. The summed E-state index contributed by atoms with van der Waals surface area (Å²) in [4.78, 5) is 0. The summed E-state index contributed by atoms with van der Waals surface area (Å²) >= 11 is 5.83. The van der Waals surface area contributed by atoms with E-state index in [9.17, 15) is 5.11 Å². The smallest absolute Gasteiger partial charge is 0.104 e. The molecule has 0 aromatic heterocycles. The first kappa shape index (κ1) is 13.1. The second kappa shape index (κ2) is 6.01. The fraction of sp³-hybridized carbons (Fsp3) is 0.200. The lowest BCUT2D eigenvalue weighted by Crippen LogP contribution is -2.05. The second-order valence-electron chi connectivity index (χ2n) is 4.23. The molecular formula is C15H16ClNO. The van der Waals surface area contributed by atoms with Gasteiger partial charge in [0.2, 0.25) is 0 Å². The topological polar surface area (TPSA) is 32.3 Å². The first-order chi connectivity index (χ1) is 8.70. The van der Waals surface area contributed by atoms with E-state index in [4.69, 9.17) is 11.6 Å². The summed E-state index contributed by atoms with van der Waals surface area (Å²) in [5, 5.41) is 14.0. The molecular weight excluding hydrogens is 246 g/mol. The lowest BCUT2D eigenvalue weighted by molar-refractivity contribution is 0.220. The van der Waals surface area contributed by atoms with Crippen LogP contribution >= 0.6 is 11.6 Å². The van der Waals surface area contributed by atoms with Crippen molar-refractivity contribution in [2.45, 2.75) is 12.6 Å². The lowest BCUT2D eigenvalue weighted by atomic mass is 10.0. The van der Waals surface area contributed by atoms with Crippen molar-refractivity contribution in [2.24, 2.45) is 0 Å². The van der Waals surface area contributed by atoms with Gasteiger partial charge in [0, 0.05) is 11.6 Å². The SMILES string of the molecule is CNCc1ccc([C@H](O)c2ccc(Cl)cc2)cc1. The zero-order valence-corrected chi connectivity index (χ0v) is 11.0. The average Bonchev–Trinajstić information content (AvgIpc) is 2.40. The van der Waals surface area contributed by atoms with Gasteiger partial charge in [0.05, 0.1) is 0 Å². The maximum absolute atomic E-state index is 10.2. The van der Waals surface area contributed by atoms with Gasteiger partial charge in [-0.2, -0.15) is 0 Å². The van der Waals surface area contributed by atoms with Gasteiger partial charge in [-0.05, 0) is 35.9 Å². The van der Waals surface area contributed by atoms with E-state index >= 15 is 0 Å². The van der Waals surface area contributed by atoms with Crippen molar-refractivity contribution in [3.63, 3.8) is 0 Å². The molecule has 0 aliphatic rings. The fourth-order valence-corrected chi connectivity index (χ4v) is 1.99. The second-order valence-corrected chi connectivity index (χ2v) is 4.66. The van der Waals surface area contributed by atoms with Crippen molar-refractivity contribution in [3.8, 4) is 0 Å². The molecule has 1 atom stereocenters. The number of rotatable bonds is 4. The summed E-state index contributed by atoms with van der Waals surface area (Å²) < 4.78 is 0. The molecule has 0 unspecified atom stereocenters. The van der Waals surface area contributed by atoms with Gasteiger partial charge in [0.25, 0.3) is 0 Å². The molecule has 0 heterocycles. The van der Waals surface area contributed by atoms with Crippen molar-refractivity contribution in [2.75, 3.05) is 7.05 Å². The molecule has 0 radical (unpaired) electrons. The van der Waals surface area contributed by atoms with Crippen LogP contribution in [0.2, 0.25) is 5.02 Å². The molecule has 2 nitrogen and oxygen atoms in total.